The number of phenolic OH excluding ortho intramolecular Hbond substituents is 1. The SMILES string of the molecule is CC(C)[C@H](N)C(=O)N[C@@H](Cc1ccc(O)cc1)C(=O)N[C@@H](C)C(=O)N[C@H](C(=O)N[C@H](C(=O)NCC(=O)N[C@@H](CCCN=C(N)N)C(=O)NCC(=O)N[C@@H](CC(=O)O)C(=O)N[C@@H](CO)C(=O)N1CCC[C@H]1C(=O)N[C@@H](C)C(N)=O)[C@@H](C)O)C(C)C. The maximum atomic E-state index is 13.7. The fraction of sp³-hybridized carbons (Fsp3) is 0.608. The predicted octanol–water partition coefficient (Wildman–Crippen LogP) is -7.90. The van der Waals surface area contributed by atoms with Crippen molar-refractivity contribution in [1.82, 2.24) is 58.1 Å². The van der Waals surface area contributed by atoms with Crippen molar-refractivity contribution < 1.29 is 82.8 Å². The molecule has 0 spiro atoms. The predicted molar refractivity (Wildman–Crippen MR) is 297 cm³/mol. The van der Waals surface area contributed by atoms with Crippen LogP contribution in [0.2, 0.25) is 0 Å². The summed E-state index contributed by atoms with van der Waals surface area (Å²) in [6.07, 6.45) is -2.35. The number of guanidine groups is 1. The van der Waals surface area contributed by atoms with Crippen molar-refractivity contribution in [2.24, 2.45) is 39.8 Å². The fourth-order valence-electron chi connectivity index (χ4n) is 8.05. The average Bonchev–Trinajstić information content (AvgIpc) is 4.16. The summed E-state index contributed by atoms with van der Waals surface area (Å²) < 4.78 is 0. The van der Waals surface area contributed by atoms with Crippen LogP contribution in [0.25, 0.3) is 0 Å². The van der Waals surface area contributed by atoms with Gasteiger partial charge >= 0.3 is 5.97 Å². The van der Waals surface area contributed by atoms with Crippen molar-refractivity contribution in [2.75, 3.05) is 32.8 Å². The molecule has 1 heterocycles. The van der Waals surface area contributed by atoms with Crippen molar-refractivity contribution in [1.29, 1.82) is 0 Å². The van der Waals surface area contributed by atoms with Crippen LogP contribution in [0.3, 0.4) is 0 Å². The Morgan fingerprint density at radius 2 is 1.19 bits per heavy atom. The van der Waals surface area contributed by atoms with E-state index in [4.69, 9.17) is 22.9 Å². The Bertz CT molecular complexity index is 2550. The highest BCUT2D eigenvalue weighted by molar-refractivity contribution is 5.99. The number of hydrogen-bond acceptors (Lipinski definition) is 18. The first-order chi connectivity index (χ1) is 39.3. The number of benzene rings is 1. The monoisotopic (exact) mass is 1190 g/mol. The van der Waals surface area contributed by atoms with E-state index in [0.29, 0.717) is 12.0 Å². The van der Waals surface area contributed by atoms with Gasteiger partial charge in [-0.1, -0.05) is 39.8 Å². The first-order valence-corrected chi connectivity index (χ1v) is 26.9. The summed E-state index contributed by atoms with van der Waals surface area (Å²) in [6, 6.07) is -8.06. The molecule has 33 heteroatoms. The lowest BCUT2D eigenvalue weighted by molar-refractivity contribution is -0.144. The van der Waals surface area contributed by atoms with E-state index in [-0.39, 0.29) is 56.4 Å². The van der Waals surface area contributed by atoms with Crippen LogP contribution in [0.4, 0.5) is 0 Å². The number of nitrogens with two attached hydrogens (primary N) is 4. The number of amides is 12. The first-order valence-electron chi connectivity index (χ1n) is 26.9. The Labute approximate surface area is 484 Å². The van der Waals surface area contributed by atoms with Gasteiger partial charge in [0.25, 0.3) is 0 Å². The van der Waals surface area contributed by atoms with Crippen LogP contribution >= 0.6 is 0 Å². The summed E-state index contributed by atoms with van der Waals surface area (Å²) in [5.74, 6) is -14.1. The average molecular weight is 1190 g/mol. The first kappa shape index (κ1) is 71.4. The Hall–Kier alpha value is -8.72. The highest BCUT2D eigenvalue weighted by Crippen LogP contribution is 2.19. The third-order valence-corrected chi connectivity index (χ3v) is 13.0. The molecule has 1 aliphatic heterocycles. The Balaban J connectivity index is 2.13. The highest BCUT2D eigenvalue weighted by Gasteiger charge is 2.40. The van der Waals surface area contributed by atoms with Gasteiger partial charge in [0.2, 0.25) is 70.9 Å². The molecule has 84 heavy (non-hydrogen) atoms. The number of aliphatic hydroxyl groups is 2. The minimum Gasteiger partial charge on any atom is -0.508 e. The summed E-state index contributed by atoms with van der Waals surface area (Å²) in [6.45, 7) is 7.48. The number of aliphatic carboxylic acids is 1. The van der Waals surface area contributed by atoms with E-state index >= 15 is 0 Å². The second-order valence-electron chi connectivity index (χ2n) is 20.7. The lowest BCUT2D eigenvalue weighted by Crippen LogP contribution is -2.61. The number of aliphatic imine (C=N–C) groups is 1. The Morgan fingerprint density at radius 1 is 0.631 bits per heavy atom. The zero-order valence-corrected chi connectivity index (χ0v) is 47.9. The number of carboxylic acid groups (broad SMARTS) is 1. The molecule has 22 N–H and O–H groups in total. The molecule has 0 aliphatic carbocycles. The second kappa shape index (κ2) is 34.7. The molecule has 0 saturated carbocycles. The quantitative estimate of drug-likeness (QED) is 0.0173. The molecule has 33 nitrogen and oxygen atoms in total. The van der Waals surface area contributed by atoms with Crippen molar-refractivity contribution >= 4 is 82.8 Å². The molecular weight excluding hydrogens is 1110 g/mol. The molecule has 1 aromatic carbocycles. The van der Waals surface area contributed by atoms with Gasteiger partial charge in [-0.25, -0.2) is 0 Å². The third kappa shape index (κ3) is 24.0. The van der Waals surface area contributed by atoms with Crippen molar-refractivity contribution in [3.05, 3.63) is 29.8 Å². The summed E-state index contributed by atoms with van der Waals surface area (Å²) >= 11 is 0. The Morgan fingerprint density at radius 3 is 1.73 bits per heavy atom. The van der Waals surface area contributed by atoms with Crippen LogP contribution in [-0.2, 0) is 68.7 Å². The number of likely N-dealkylation sites (tertiary alicyclic amines) is 1. The van der Waals surface area contributed by atoms with Crippen LogP contribution in [0.15, 0.2) is 29.3 Å². The van der Waals surface area contributed by atoms with Gasteiger partial charge in [-0.2, -0.15) is 0 Å². The van der Waals surface area contributed by atoms with E-state index in [9.17, 15) is 82.8 Å². The normalized spacial score (nSPS) is 16.4. The fourth-order valence-corrected chi connectivity index (χ4v) is 8.05. The number of aliphatic hydroxyl groups excluding tert-OH is 2. The number of phenols is 1. The minimum absolute atomic E-state index is 0.0149. The van der Waals surface area contributed by atoms with E-state index in [0.717, 1.165) is 11.8 Å². The van der Waals surface area contributed by atoms with E-state index in [1.165, 1.54) is 38.1 Å². The second-order valence-corrected chi connectivity index (χ2v) is 20.7. The van der Waals surface area contributed by atoms with E-state index in [2.05, 4.69) is 58.2 Å². The number of nitrogens with one attached hydrogen (secondary N) is 10. The minimum atomic E-state index is -1.89. The van der Waals surface area contributed by atoms with Crippen LogP contribution in [0, 0.1) is 11.8 Å². The molecule has 1 aromatic rings. The number of carbonyl (C=O) groups is 13. The molecule has 468 valence electrons. The number of nitrogens with zero attached hydrogens (tertiary/aromatic N) is 2. The third-order valence-electron chi connectivity index (χ3n) is 13.0. The number of primary amides is 1. The topological polar surface area (TPSA) is 543 Å². The summed E-state index contributed by atoms with van der Waals surface area (Å²) in [7, 11) is 0. The van der Waals surface area contributed by atoms with Crippen LogP contribution < -0.4 is 76.1 Å². The Kier molecular flexibility index (Phi) is 29.5. The molecule has 0 bridgehead atoms. The zero-order chi connectivity index (χ0) is 63.7. The van der Waals surface area contributed by atoms with Crippen LogP contribution in [-0.4, -0.2) is 207 Å². The standard InChI is InChI=1S/C51H82N16O17/c1-23(2)38(52)47(81)63-31(18-28-12-14-29(70)15-13-28)44(78)60-26(6)42(76)65-39(24(3)4)49(83)66-40(27(7)69)48(82)58-21-35(71)61-30(10-8-16-56-51(54)55)43(77)57-20-36(72)62-32(19-37(73)74)45(79)64-33(22-68)50(84)67-17-9-11-34(67)46(80)59-25(5)41(53)75/h12-15,23-27,30-34,38-40,68-70H,8-11,16-22,52H2,1-7H3,(H2,53,75)(H,57,77)(H,58,82)(H,59,80)(H,60,78)(H,61,71)(H,62,72)(H,63,81)(H,64,79)(H,65,76)(H,66,83)(H,73,74)(H4,54,55,56)/t25-,26-,27+,30-,31-,32-,33-,34-,38-,39-,40-/m0/s1. The molecule has 1 aliphatic rings. The molecule has 1 fully saturated rings. The summed E-state index contributed by atoms with van der Waals surface area (Å²) in [4.78, 5) is 175. The number of carboxylic acids is 1. The molecule has 1 saturated heterocycles. The summed E-state index contributed by atoms with van der Waals surface area (Å²) in [5.41, 5.74) is 22.6. The molecule has 0 radical (unpaired) electrons. The van der Waals surface area contributed by atoms with E-state index in [1.54, 1.807) is 27.7 Å². The van der Waals surface area contributed by atoms with Gasteiger partial charge in [0.15, 0.2) is 5.96 Å². The smallest absolute Gasteiger partial charge is 0.305 e. The molecule has 2 rings (SSSR count). The maximum Gasteiger partial charge on any atom is 0.305 e. The van der Waals surface area contributed by atoms with Gasteiger partial charge in [-0.3, -0.25) is 67.3 Å². The van der Waals surface area contributed by atoms with Crippen molar-refractivity contribution in [3.8, 4) is 5.75 Å². The molecule has 12 amide bonds. The van der Waals surface area contributed by atoms with E-state index in [1.807, 2.05) is 0 Å². The molecular formula is C51H82N16O17. The van der Waals surface area contributed by atoms with Gasteiger partial charge in [-0.15, -0.1) is 0 Å². The molecule has 0 unspecified atom stereocenters. The van der Waals surface area contributed by atoms with Gasteiger partial charge in [0, 0.05) is 19.5 Å². The van der Waals surface area contributed by atoms with Crippen LogP contribution in [0.5, 0.6) is 5.75 Å². The number of hydrogen-bond donors (Lipinski definition) is 18. The van der Waals surface area contributed by atoms with Gasteiger partial charge in [-0.05, 0) is 76.0 Å². The van der Waals surface area contributed by atoms with Crippen molar-refractivity contribution in [3.63, 3.8) is 0 Å². The van der Waals surface area contributed by atoms with Crippen LogP contribution in [0.1, 0.15) is 86.1 Å². The lowest BCUT2D eigenvalue weighted by Gasteiger charge is -2.29. The van der Waals surface area contributed by atoms with E-state index < -0.39 is 175 Å². The zero-order valence-electron chi connectivity index (χ0n) is 47.9. The highest BCUT2D eigenvalue weighted by atomic mass is 16.4. The maximum absolute atomic E-state index is 13.7. The lowest BCUT2D eigenvalue weighted by atomic mass is 10.0. The van der Waals surface area contributed by atoms with Gasteiger partial charge in [0.1, 0.15) is 60.1 Å². The number of carbonyl (C=O) groups excluding carboxylic acids is 12. The molecule has 0 aromatic heterocycles. The van der Waals surface area contributed by atoms with Crippen molar-refractivity contribution in [2.45, 2.75) is 154 Å². The number of aromatic hydroxyl groups is 1. The molecule has 11 atom stereocenters. The largest absolute Gasteiger partial charge is 0.508 e. The summed E-state index contributed by atoms with van der Waals surface area (Å²) in [5, 5.41) is 63.4. The van der Waals surface area contributed by atoms with Gasteiger partial charge in [0.05, 0.1) is 38.3 Å². The number of rotatable bonds is 34. The van der Waals surface area contributed by atoms with Gasteiger partial charge < -0.3 is 101 Å².